The molecule has 2 rings (SSSR count). The Labute approximate surface area is 96.4 Å². The second kappa shape index (κ2) is 3.32. The number of hydrogen-bond donors (Lipinski definition) is 0. The first kappa shape index (κ1) is 11.1. The first-order valence-corrected chi connectivity index (χ1v) is 5.49. The number of rotatable bonds is 1. The maximum atomic E-state index is 12.2. The third-order valence-electron chi connectivity index (χ3n) is 3.61. The zero-order chi connectivity index (χ0) is 12.0. The summed E-state index contributed by atoms with van der Waals surface area (Å²) in [4.78, 5) is 4.55. The van der Waals surface area contributed by atoms with Crippen LogP contribution in [0, 0.1) is 0 Å². The van der Waals surface area contributed by atoms with Gasteiger partial charge in [-0.3, -0.25) is 4.99 Å². The van der Waals surface area contributed by atoms with Crippen molar-refractivity contribution in [3.63, 3.8) is 0 Å². The molecule has 0 amide bonds. The molecule has 1 radical (unpaired) electrons. The molecule has 0 fully saturated rings. The molecule has 0 atom stereocenters. The number of aliphatic imine (C=N–C) groups is 1. The van der Waals surface area contributed by atoms with Gasteiger partial charge < -0.3 is 0 Å². The van der Waals surface area contributed by atoms with Gasteiger partial charge in [-0.05, 0) is 27.7 Å². The van der Waals surface area contributed by atoms with Crippen LogP contribution in [-0.4, -0.2) is 22.0 Å². The maximum absolute atomic E-state index is 12.2. The Bertz CT molecular complexity index is 421. The zero-order valence-corrected chi connectivity index (χ0v) is 10.2. The van der Waals surface area contributed by atoms with Crippen molar-refractivity contribution in [2.45, 2.75) is 38.8 Å². The van der Waals surface area contributed by atoms with Gasteiger partial charge in [0.15, 0.2) is 5.84 Å². The van der Waals surface area contributed by atoms with E-state index in [-0.39, 0.29) is 5.54 Å². The molecule has 85 valence electrons. The molecule has 0 saturated carbocycles. The Hall–Kier alpha value is -1.35. The fraction of sp³-hybridized carbons (Fsp3) is 0.462. The molecular weight excluding hydrogens is 200 g/mol. The molecule has 0 spiro atoms. The molecule has 1 aliphatic heterocycles. The summed E-state index contributed by atoms with van der Waals surface area (Å²) < 4.78 is 0. The average molecular weight is 217 g/mol. The van der Waals surface area contributed by atoms with Crippen LogP contribution in [0.3, 0.4) is 0 Å². The van der Waals surface area contributed by atoms with E-state index in [1.165, 1.54) is 0 Å². The largest absolute Gasteiger partial charge is 0.257 e. The highest BCUT2D eigenvalue weighted by Gasteiger charge is 2.49. The molecular formula is C13H17N2O. The van der Waals surface area contributed by atoms with Crippen LogP contribution in [0.15, 0.2) is 35.3 Å². The smallest absolute Gasteiger partial charge is 0.159 e. The van der Waals surface area contributed by atoms with Crippen molar-refractivity contribution >= 4 is 5.84 Å². The van der Waals surface area contributed by atoms with E-state index in [0.29, 0.717) is 5.84 Å². The molecule has 0 aromatic heterocycles. The van der Waals surface area contributed by atoms with E-state index in [0.717, 1.165) is 10.6 Å². The lowest BCUT2D eigenvalue weighted by molar-refractivity contribution is -0.158. The average Bonchev–Trinajstić information content (AvgIpc) is 2.40. The van der Waals surface area contributed by atoms with E-state index in [1.54, 1.807) is 0 Å². The van der Waals surface area contributed by atoms with E-state index in [2.05, 4.69) is 4.99 Å². The molecule has 1 aliphatic rings. The lowest BCUT2D eigenvalue weighted by atomic mass is 9.84. The number of amidine groups is 1. The zero-order valence-electron chi connectivity index (χ0n) is 10.2. The van der Waals surface area contributed by atoms with Gasteiger partial charge in [0.25, 0.3) is 0 Å². The van der Waals surface area contributed by atoms with E-state index in [1.807, 2.05) is 58.0 Å². The second-order valence-electron chi connectivity index (χ2n) is 5.21. The normalized spacial score (nSPS) is 22.1. The Morgan fingerprint density at radius 2 is 1.62 bits per heavy atom. The van der Waals surface area contributed by atoms with Crippen molar-refractivity contribution in [1.82, 2.24) is 5.06 Å². The topological polar surface area (TPSA) is 35.5 Å². The van der Waals surface area contributed by atoms with E-state index < -0.39 is 5.54 Å². The Morgan fingerprint density at radius 3 is 2.06 bits per heavy atom. The number of nitrogens with zero attached hydrogens (tertiary/aromatic N) is 2. The molecule has 3 heteroatoms. The van der Waals surface area contributed by atoms with Gasteiger partial charge in [0.05, 0.1) is 11.1 Å². The van der Waals surface area contributed by atoms with Crippen molar-refractivity contribution in [2.75, 3.05) is 0 Å². The van der Waals surface area contributed by atoms with Gasteiger partial charge in [0, 0.05) is 5.56 Å². The van der Waals surface area contributed by atoms with Crippen molar-refractivity contribution in [1.29, 1.82) is 0 Å². The summed E-state index contributed by atoms with van der Waals surface area (Å²) >= 11 is 0. The molecule has 0 bridgehead atoms. The highest BCUT2D eigenvalue weighted by Crippen LogP contribution is 2.37. The van der Waals surface area contributed by atoms with Crippen molar-refractivity contribution in [3.05, 3.63) is 35.9 Å². The van der Waals surface area contributed by atoms with Crippen LogP contribution in [0.1, 0.15) is 33.3 Å². The summed E-state index contributed by atoms with van der Waals surface area (Å²) in [5.41, 5.74) is 0.0223. The van der Waals surface area contributed by atoms with Gasteiger partial charge in [0.1, 0.15) is 0 Å². The monoisotopic (exact) mass is 217 g/mol. The summed E-state index contributed by atoms with van der Waals surface area (Å²) in [5.74, 6) is 0.538. The number of hydroxylamine groups is 2. The van der Waals surface area contributed by atoms with Crippen molar-refractivity contribution in [2.24, 2.45) is 4.99 Å². The summed E-state index contributed by atoms with van der Waals surface area (Å²) in [6.45, 7) is 7.85. The quantitative estimate of drug-likeness (QED) is 0.712. The summed E-state index contributed by atoms with van der Waals surface area (Å²) in [6.07, 6.45) is 0. The first-order valence-electron chi connectivity index (χ1n) is 5.49. The number of benzene rings is 1. The molecule has 1 aromatic carbocycles. The molecule has 0 N–H and O–H groups in total. The van der Waals surface area contributed by atoms with Gasteiger partial charge in [-0.25, -0.2) is 0 Å². The summed E-state index contributed by atoms with van der Waals surface area (Å²) in [5, 5.41) is 13.3. The Kier molecular flexibility index (Phi) is 2.31. The minimum absolute atomic E-state index is 0.361. The minimum atomic E-state index is -0.502. The molecule has 0 unspecified atom stereocenters. The van der Waals surface area contributed by atoms with E-state index >= 15 is 0 Å². The fourth-order valence-electron chi connectivity index (χ4n) is 1.73. The van der Waals surface area contributed by atoms with Crippen LogP contribution in [0.4, 0.5) is 0 Å². The maximum Gasteiger partial charge on any atom is 0.159 e. The van der Waals surface area contributed by atoms with Crippen molar-refractivity contribution in [3.8, 4) is 0 Å². The first-order chi connectivity index (χ1) is 7.36. The Balaban J connectivity index is 2.46. The fourth-order valence-corrected chi connectivity index (χ4v) is 1.73. The second-order valence-corrected chi connectivity index (χ2v) is 5.21. The summed E-state index contributed by atoms with van der Waals surface area (Å²) in [7, 11) is 0. The van der Waals surface area contributed by atoms with Crippen LogP contribution in [0.25, 0.3) is 0 Å². The van der Waals surface area contributed by atoms with Gasteiger partial charge in [0.2, 0.25) is 0 Å². The molecule has 0 aliphatic carbocycles. The Morgan fingerprint density at radius 1 is 1.06 bits per heavy atom. The molecule has 3 nitrogen and oxygen atoms in total. The highest BCUT2D eigenvalue weighted by atomic mass is 16.5. The van der Waals surface area contributed by atoms with Gasteiger partial charge >= 0.3 is 0 Å². The van der Waals surface area contributed by atoms with Crippen molar-refractivity contribution < 1.29 is 5.21 Å². The molecule has 0 saturated heterocycles. The molecule has 1 aromatic rings. The molecule has 16 heavy (non-hydrogen) atoms. The predicted molar refractivity (Wildman–Crippen MR) is 63.7 cm³/mol. The van der Waals surface area contributed by atoms with E-state index in [4.69, 9.17) is 0 Å². The predicted octanol–water partition coefficient (Wildman–Crippen LogP) is 2.65. The lowest BCUT2D eigenvalue weighted by Crippen LogP contribution is -2.50. The van der Waals surface area contributed by atoms with E-state index in [9.17, 15) is 5.21 Å². The molecule has 1 heterocycles. The van der Waals surface area contributed by atoms with Crippen LogP contribution in [-0.2, 0) is 5.21 Å². The van der Waals surface area contributed by atoms with Crippen LogP contribution < -0.4 is 0 Å². The van der Waals surface area contributed by atoms with Gasteiger partial charge in [-0.15, -0.1) is 0 Å². The van der Waals surface area contributed by atoms with Crippen LogP contribution in [0.2, 0.25) is 0 Å². The standard InChI is InChI=1S/C13H17N2O/c1-12(2)13(3,4)15(16)11(14-12)10-8-6-5-7-9-10/h5-9H,1-4H3. The third kappa shape index (κ3) is 1.43. The SMILES string of the molecule is CC1(C)N=C(c2ccccc2)N([O])C1(C)C. The highest BCUT2D eigenvalue weighted by molar-refractivity contribution is 6.00. The third-order valence-corrected chi connectivity index (χ3v) is 3.61. The minimum Gasteiger partial charge on any atom is -0.257 e. The summed E-state index contributed by atoms with van der Waals surface area (Å²) in [6, 6.07) is 9.61. The van der Waals surface area contributed by atoms with Crippen LogP contribution >= 0.6 is 0 Å². The van der Waals surface area contributed by atoms with Crippen LogP contribution in [0.5, 0.6) is 0 Å². The lowest BCUT2D eigenvalue weighted by Gasteiger charge is -2.35. The number of hydrogen-bond acceptors (Lipinski definition) is 2. The van der Waals surface area contributed by atoms with Gasteiger partial charge in [-0.1, -0.05) is 35.5 Å². The van der Waals surface area contributed by atoms with Gasteiger partial charge in [-0.2, -0.15) is 5.06 Å².